The zero-order valence-corrected chi connectivity index (χ0v) is 12.4. The highest BCUT2D eigenvalue weighted by molar-refractivity contribution is 5.94. The highest BCUT2D eigenvalue weighted by Crippen LogP contribution is 2.18. The fourth-order valence-corrected chi connectivity index (χ4v) is 1.98. The van der Waals surface area contributed by atoms with E-state index in [1.54, 1.807) is 12.1 Å². The molecule has 2 rings (SSSR count). The van der Waals surface area contributed by atoms with Gasteiger partial charge in [-0.2, -0.15) is 0 Å². The lowest BCUT2D eigenvalue weighted by molar-refractivity contribution is -0.384. The molecule has 0 heterocycles. The Morgan fingerprint density at radius 3 is 2.68 bits per heavy atom. The van der Waals surface area contributed by atoms with Crippen molar-refractivity contribution in [1.82, 2.24) is 0 Å². The van der Waals surface area contributed by atoms with E-state index in [2.05, 4.69) is 10.6 Å². The summed E-state index contributed by atoms with van der Waals surface area (Å²) in [7, 11) is 0. The number of hydrogen-bond acceptors (Lipinski definition) is 4. The Hall–Kier alpha value is -2.89. The molecule has 22 heavy (non-hydrogen) atoms. The summed E-state index contributed by atoms with van der Waals surface area (Å²) >= 11 is 0. The van der Waals surface area contributed by atoms with Crippen molar-refractivity contribution in [3.8, 4) is 0 Å². The summed E-state index contributed by atoms with van der Waals surface area (Å²) in [6.07, 6.45) is 0. The number of nitrogens with zero attached hydrogens (tertiary/aromatic N) is 1. The molecule has 0 aliphatic heterocycles. The SMILES string of the molecule is Cc1ccc(C)c(NC(=O)CNc2cccc([N+](=O)[O-])c2)c1. The molecular weight excluding hydrogens is 282 g/mol. The normalized spacial score (nSPS) is 10.1. The molecule has 1 amide bonds. The lowest BCUT2D eigenvalue weighted by Crippen LogP contribution is -2.22. The smallest absolute Gasteiger partial charge is 0.271 e. The number of carbonyl (C=O) groups excluding carboxylic acids is 1. The van der Waals surface area contributed by atoms with Gasteiger partial charge < -0.3 is 10.6 Å². The number of benzene rings is 2. The third-order valence-electron chi connectivity index (χ3n) is 3.18. The Bertz CT molecular complexity index is 714. The van der Waals surface area contributed by atoms with Crippen LogP contribution in [-0.4, -0.2) is 17.4 Å². The van der Waals surface area contributed by atoms with Gasteiger partial charge in [-0.05, 0) is 37.1 Å². The number of aryl methyl sites for hydroxylation is 2. The van der Waals surface area contributed by atoms with E-state index < -0.39 is 4.92 Å². The predicted octanol–water partition coefficient (Wildman–Crippen LogP) is 3.26. The minimum Gasteiger partial charge on any atom is -0.376 e. The Kier molecular flexibility index (Phi) is 4.73. The Labute approximate surface area is 128 Å². The van der Waals surface area contributed by atoms with Crippen LogP contribution in [0.5, 0.6) is 0 Å². The molecule has 0 radical (unpaired) electrons. The maximum Gasteiger partial charge on any atom is 0.271 e. The monoisotopic (exact) mass is 299 g/mol. The Morgan fingerprint density at radius 2 is 1.95 bits per heavy atom. The molecule has 0 unspecified atom stereocenters. The van der Waals surface area contributed by atoms with E-state index in [1.807, 2.05) is 32.0 Å². The van der Waals surface area contributed by atoms with E-state index in [0.29, 0.717) is 5.69 Å². The number of rotatable bonds is 5. The quantitative estimate of drug-likeness (QED) is 0.655. The topological polar surface area (TPSA) is 84.3 Å². The van der Waals surface area contributed by atoms with Crippen LogP contribution in [-0.2, 0) is 4.79 Å². The standard InChI is InChI=1S/C16H17N3O3/c1-11-6-7-12(2)15(8-11)18-16(20)10-17-13-4-3-5-14(9-13)19(21)22/h3-9,17H,10H2,1-2H3,(H,18,20). The molecule has 2 aromatic rings. The van der Waals surface area contributed by atoms with Crippen LogP contribution in [0.1, 0.15) is 11.1 Å². The molecule has 2 aromatic carbocycles. The first kappa shape index (κ1) is 15.5. The van der Waals surface area contributed by atoms with E-state index in [0.717, 1.165) is 16.8 Å². The van der Waals surface area contributed by atoms with Crippen molar-refractivity contribution in [2.75, 3.05) is 17.2 Å². The maximum absolute atomic E-state index is 12.0. The average Bonchev–Trinajstić information content (AvgIpc) is 2.49. The van der Waals surface area contributed by atoms with Crippen molar-refractivity contribution in [2.45, 2.75) is 13.8 Å². The molecule has 0 saturated heterocycles. The Morgan fingerprint density at radius 1 is 1.18 bits per heavy atom. The van der Waals surface area contributed by atoms with Crippen LogP contribution >= 0.6 is 0 Å². The highest BCUT2D eigenvalue weighted by Gasteiger charge is 2.08. The second kappa shape index (κ2) is 6.71. The number of nitro benzene ring substituents is 1. The van der Waals surface area contributed by atoms with Gasteiger partial charge in [0.05, 0.1) is 11.5 Å². The Balaban J connectivity index is 1.97. The molecule has 0 atom stereocenters. The first-order chi connectivity index (χ1) is 10.5. The second-order valence-corrected chi connectivity index (χ2v) is 5.03. The maximum atomic E-state index is 12.0. The summed E-state index contributed by atoms with van der Waals surface area (Å²) in [6, 6.07) is 11.9. The van der Waals surface area contributed by atoms with E-state index >= 15 is 0 Å². The first-order valence-corrected chi connectivity index (χ1v) is 6.81. The van der Waals surface area contributed by atoms with Crippen molar-refractivity contribution >= 4 is 23.0 Å². The van der Waals surface area contributed by atoms with E-state index in [-0.39, 0.29) is 18.1 Å². The summed E-state index contributed by atoms with van der Waals surface area (Å²) in [5.74, 6) is -0.208. The van der Waals surface area contributed by atoms with Gasteiger partial charge in [-0.15, -0.1) is 0 Å². The lowest BCUT2D eigenvalue weighted by Gasteiger charge is -2.10. The van der Waals surface area contributed by atoms with Gasteiger partial charge in [0.25, 0.3) is 5.69 Å². The average molecular weight is 299 g/mol. The minimum absolute atomic E-state index is 0.0139. The van der Waals surface area contributed by atoms with Crippen LogP contribution in [0, 0.1) is 24.0 Å². The van der Waals surface area contributed by atoms with Crippen molar-refractivity contribution in [1.29, 1.82) is 0 Å². The number of carbonyl (C=O) groups is 1. The van der Waals surface area contributed by atoms with Crippen LogP contribution in [0.4, 0.5) is 17.1 Å². The summed E-state index contributed by atoms with van der Waals surface area (Å²) in [5, 5.41) is 16.4. The second-order valence-electron chi connectivity index (χ2n) is 5.03. The van der Waals surface area contributed by atoms with Gasteiger partial charge in [0.2, 0.25) is 5.91 Å². The van der Waals surface area contributed by atoms with Crippen LogP contribution < -0.4 is 10.6 Å². The van der Waals surface area contributed by atoms with Crippen molar-refractivity contribution in [3.63, 3.8) is 0 Å². The molecule has 0 fully saturated rings. The molecule has 0 spiro atoms. The largest absolute Gasteiger partial charge is 0.376 e. The van der Waals surface area contributed by atoms with Crippen LogP contribution in [0.2, 0.25) is 0 Å². The summed E-state index contributed by atoms with van der Waals surface area (Å²) in [5.41, 5.74) is 3.33. The molecule has 114 valence electrons. The molecule has 6 heteroatoms. The van der Waals surface area contributed by atoms with Crippen molar-refractivity contribution < 1.29 is 9.72 Å². The van der Waals surface area contributed by atoms with Gasteiger partial charge in [0.15, 0.2) is 0 Å². The van der Waals surface area contributed by atoms with Gasteiger partial charge in [-0.25, -0.2) is 0 Å². The lowest BCUT2D eigenvalue weighted by atomic mass is 10.1. The minimum atomic E-state index is -0.471. The van der Waals surface area contributed by atoms with Crippen LogP contribution in [0.15, 0.2) is 42.5 Å². The van der Waals surface area contributed by atoms with E-state index in [9.17, 15) is 14.9 Å². The highest BCUT2D eigenvalue weighted by atomic mass is 16.6. The molecule has 0 aliphatic rings. The summed E-state index contributed by atoms with van der Waals surface area (Å²) < 4.78 is 0. The van der Waals surface area contributed by atoms with Gasteiger partial charge in [0.1, 0.15) is 0 Å². The molecule has 2 N–H and O–H groups in total. The van der Waals surface area contributed by atoms with Gasteiger partial charge in [-0.3, -0.25) is 14.9 Å². The molecule has 0 bridgehead atoms. The fraction of sp³-hybridized carbons (Fsp3) is 0.188. The predicted molar refractivity (Wildman–Crippen MR) is 86.1 cm³/mol. The number of hydrogen-bond donors (Lipinski definition) is 2. The zero-order valence-electron chi connectivity index (χ0n) is 12.4. The van der Waals surface area contributed by atoms with Crippen molar-refractivity contribution in [3.05, 3.63) is 63.7 Å². The van der Waals surface area contributed by atoms with Crippen molar-refractivity contribution in [2.24, 2.45) is 0 Å². The van der Waals surface area contributed by atoms with Gasteiger partial charge in [-0.1, -0.05) is 18.2 Å². The summed E-state index contributed by atoms with van der Waals surface area (Å²) in [4.78, 5) is 22.2. The van der Waals surface area contributed by atoms with E-state index in [4.69, 9.17) is 0 Å². The molecule has 6 nitrogen and oxygen atoms in total. The zero-order chi connectivity index (χ0) is 16.1. The van der Waals surface area contributed by atoms with Crippen LogP contribution in [0.25, 0.3) is 0 Å². The number of nitro groups is 1. The third-order valence-corrected chi connectivity index (χ3v) is 3.18. The summed E-state index contributed by atoms with van der Waals surface area (Å²) in [6.45, 7) is 3.91. The molecule has 0 aliphatic carbocycles. The number of non-ortho nitro benzene ring substituents is 1. The van der Waals surface area contributed by atoms with Crippen LogP contribution in [0.3, 0.4) is 0 Å². The van der Waals surface area contributed by atoms with E-state index in [1.165, 1.54) is 12.1 Å². The van der Waals surface area contributed by atoms with Gasteiger partial charge in [0, 0.05) is 23.5 Å². The van der Waals surface area contributed by atoms with Gasteiger partial charge >= 0.3 is 0 Å². The molecular formula is C16H17N3O3. The number of amides is 1. The first-order valence-electron chi connectivity index (χ1n) is 6.81. The molecule has 0 saturated carbocycles. The number of nitrogens with one attached hydrogen (secondary N) is 2. The fourth-order valence-electron chi connectivity index (χ4n) is 1.98. The number of anilines is 2. The molecule has 0 aromatic heterocycles. The third kappa shape index (κ3) is 4.05.